The van der Waals surface area contributed by atoms with Crippen LogP contribution < -0.4 is 10.2 Å². The summed E-state index contributed by atoms with van der Waals surface area (Å²) in [5, 5.41) is 3.55. The van der Waals surface area contributed by atoms with Crippen LogP contribution in [-0.2, 0) is 5.41 Å². The van der Waals surface area contributed by atoms with Gasteiger partial charge in [0.1, 0.15) is 5.82 Å². The summed E-state index contributed by atoms with van der Waals surface area (Å²) in [7, 11) is 0. The van der Waals surface area contributed by atoms with Crippen LogP contribution in [-0.4, -0.2) is 31.2 Å². The van der Waals surface area contributed by atoms with E-state index in [-0.39, 0.29) is 5.41 Å². The molecule has 1 aromatic heterocycles. The van der Waals surface area contributed by atoms with Crippen molar-refractivity contribution in [3.8, 4) is 0 Å². The van der Waals surface area contributed by atoms with Crippen LogP contribution in [0.3, 0.4) is 0 Å². The molecule has 0 aromatic carbocycles. The van der Waals surface area contributed by atoms with E-state index in [2.05, 4.69) is 55.0 Å². The highest BCUT2D eigenvalue weighted by Crippen LogP contribution is 2.25. The third-order valence-electron chi connectivity index (χ3n) is 4.41. The Hall–Kier alpha value is -1.09. The van der Waals surface area contributed by atoms with Crippen LogP contribution in [0.4, 0.5) is 5.82 Å². The van der Waals surface area contributed by atoms with Crippen LogP contribution in [0.15, 0.2) is 18.3 Å². The van der Waals surface area contributed by atoms with E-state index in [0.29, 0.717) is 0 Å². The Morgan fingerprint density at radius 3 is 2.48 bits per heavy atom. The normalized spacial score (nSPS) is 17.2. The molecule has 1 aliphatic heterocycles. The zero-order valence-electron chi connectivity index (χ0n) is 14.2. The molecule has 3 heteroatoms. The van der Waals surface area contributed by atoms with Crippen molar-refractivity contribution in [3.63, 3.8) is 0 Å². The smallest absolute Gasteiger partial charge is 0.128 e. The van der Waals surface area contributed by atoms with Crippen LogP contribution in [0.25, 0.3) is 0 Å². The molecule has 0 spiro atoms. The predicted molar refractivity (Wildman–Crippen MR) is 91.0 cm³/mol. The topological polar surface area (TPSA) is 28.2 Å². The van der Waals surface area contributed by atoms with Crippen molar-refractivity contribution in [2.75, 3.05) is 31.1 Å². The lowest BCUT2D eigenvalue weighted by Gasteiger charge is -2.33. The van der Waals surface area contributed by atoms with Gasteiger partial charge in [-0.05, 0) is 55.3 Å². The van der Waals surface area contributed by atoms with E-state index in [9.17, 15) is 0 Å². The van der Waals surface area contributed by atoms with Gasteiger partial charge in [-0.25, -0.2) is 4.98 Å². The van der Waals surface area contributed by atoms with E-state index in [1.165, 1.54) is 31.4 Å². The number of nitrogens with one attached hydrogen (secondary N) is 1. The molecule has 0 saturated carbocycles. The summed E-state index contributed by atoms with van der Waals surface area (Å²) in [5.74, 6) is 1.98. The molecule has 0 bridgehead atoms. The summed E-state index contributed by atoms with van der Waals surface area (Å²) in [4.78, 5) is 7.11. The molecule has 0 atom stereocenters. The summed E-state index contributed by atoms with van der Waals surface area (Å²) in [6, 6.07) is 4.42. The molecule has 1 saturated heterocycles. The average molecular weight is 289 g/mol. The fourth-order valence-corrected chi connectivity index (χ4v) is 2.87. The van der Waals surface area contributed by atoms with Crippen molar-refractivity contribution in [2.45, 2.75) is 52.4 Å². The molecule has 21 heavy (non-hydrogen) atoms. The quantitative estimate of drug-likeness (QED) is 0.840. The van der Waals surface area contributed by atoms with Gasteiger partial charge in [-0.1, -0.05) is 33.8 Å². The molecule has 118 valence electrons. The molecular formula is C18H31N3. The first-order valence-electron chi connectivity index (χ1n) is 8.43. The van der Waals surface area contributed by atoms with Gasteiger partial charge in [0.05, 0.1) is 0 Å². The number of hydrogen-bond donors (Lipinski definition) is 1. The lowest BCUT2D eigenvalue weighted by atomic mass is 9.88. The van der Waals surface area contributed by atoms with Gasteiger partial charge in [0.2, 0.25) is 0 Å². The average Bonchev–Trinajstić information content (AvgIpc) is 2.48. The molecule has 3 nitrogen and oxygen atoms in total. The zero-order chi connectivity index (χ0) is 15.3. The van der Waals surface area contributed by atoms with Gasteiger partial charge >= 0.3 is 0 Å². The number of anilines is 1. The minimum atomic E-state index is 0.184. The Morgan fingerprint density at radius 1 is 1.24 bits per heavy atom. The summed E-state index contributed by atoms with van der Waals surface area (Å²) in [5.41, 5.74) is 1.49. The summed E-state index contributed by atoms with van der Waals surface area (Å²) < 4.78 is 0. The van der Waals surface area contributed by atoms with Crippen molar-refractivity contribution in [2.24, 2.45) is 5.92 Å². The number of aromatic nitrogens is 1. The van der Waals surface area contributed by atoms with Crippen LogP contribution in [0, 0.1) is 5.92 Å². The monoisotopic (exact) mass is 289 g/mol. The fourth-order valence-electron chi connectivity index (χ4n) is 2.87. The maximum atomic E-state index is 4.68. The lowest BCUT2D eigenvalue weighted by molar-refractivity contribution is 0.382. The maximum Gasteiger partial charge on any atom is 0.128 e. The number of pyridine rings is 1. The second-order valence-corrected chi connectivity index (χ2v) is 7.29. The second kappa shape index (κ2) is 7.26. The third-order valence-corrected chi connectivity index (χ3v) is 4.41. The Labute approximate surface area is 130 Å². The summed E-state index contributed by atoms with van der Waals surface area (Å²) in [6.07, 6.45) is 5.83. The number of rotatable bonds is 5. The van der Waals surface area contributed by atoms with E-state index in [4.69, 9.17) is 0 Å². The maximum absolute atomic E-state index is 4.68. The van der Waals surface area contributed by atoms with Gasteiger partial charge < -0.3 is 10.2 Å². The standard InChI is InChI=1S/C18H31N3/c1-5-10-19-13-15-8-11-21(12-9-15)17-7-6-16(14-20-17)18(2,3)4/h6-7,14-15,19H,5,8-13H2,1-4H3. The Kier molecular flexibility index (Phi) is 5.63. The summed E-state index contributed by atoms with van der Waals surface area (Å²) in [6.45, 7) is 13.5. The van der Waals surface area contributed by atoms with Crippen LogP contribution >= 0.6 is 0 Å². The Balaban J connectivity index is 1.85. The SMILES string of the molecule is CCCNCC1CCN(c2ccc(C(C)(C)C)cn2)CC1. The molecule has 0 radical (unpaired) electrons. The lowest BCUT2D eigenvalue weighted by Crippen LogP contribution is -2.37. The highest BCUT2D eigenvalue weighted by Gasteiger charge is 2.20. The molecule has 0 unspecified atom stereocenters. The highest BCUT2D eigenvalue weighted by molar-refractivity contribution is 5.40. The fraction of sp³-hybridized carbons (Fsp3) is 0.722. The molecule has 1 aliphatic rings. The van der Waals surface area contributed by atoms with E-state index in [1.54, 1.807) is 0 Å². The predicted octanol–water partition coefficient (Wildman–Crippen LogP) is 3.60. The van der Waals surface area contributed by atoms with Crippen LogP contribution in [0.2, 0.25) is 0 Å². The van der Waals surface area contributed by atoms with E-state index >= 15 is 0 Å². The number of hydrogen-bond acceptors (Lipinski definition) is 3. The van der Waals surface area contributed by atoms with E-state index in [1.807, 2.05) is 6.20 Å². The number of piperidine rings is 1. The van der Waals surface area contributed by atoms with Gasteiger partial charge in [0, 0.05) is 19.3 Å². The molecule has 2 heterocycles. The largest absolute Gasteiger partial charge is 0.357 e. The first kappa shape index (κ1) is 16.3. The molecule has 0 amide bonds. The van der Waals surface area contributed by atoms with Crippen molar-refractivity contribution in [3.05, 3.63) is 23.9 Å². The van der Waals surface area contributed by atoms with Crippen molar-refractivity contribution in [1.82, 2.24) is 10.3 Å². The van der Waals surface area contributed by atoms with Crippen molar-refractivity contribution < 1.29 is 0 Å². The molecular weight excluding hydrogens is 258 g/mol. The van der Waals surface area contributed by atoms with Crippen molar-refractivity contribution >= 4 is 5.82 Å². The van der Waals surface area contributed by atoms with Crippen molar-refractivity contribution in [1.29, 1.82) is 0 Å². The van der Waals surface area contributed by atoms with Crippen LogP contribution in [0.5, 0.6) is 0 Å². The van der Waals surface area contributed by atoms with Gasteiger partial charge in [0.25, 0.3) is 0 Å². The molecule has 2 rings (SSSR count). The van der Waals surface area contributed by atoms with Gasteiger partial charge in [-0.2, -0.15) is 0 Å². The second-order valence-electron chi connectivity index (χ2n) is 7.29. The van der Waals surface area contributed by atoms with E-state index < -0.39 is 0 Å². The van der Waals surface area contributed by atoms with Crippen LogP contribution in [0.1, 0.15) is 52.5 Å². The van der Waals surface area contributed by atoms with Gasteiger partial charge in [0.15, 0.2) is 0 Å². The first-order valence-corrected chi connectivity index (χ1v) is 8.43. The minimum Gasteiger partial charge on any atom is -0.357 e. The highest BCUT2D eigenvalue weighted by atomic mass is 15.2. The molecule has 1 N–H and O–H groups in total. The third kappa shape index (κ3) is 4.70. The molecule has 1 aromatic rings. The first-order chi connectivity index (χ1) is 10.0. The van der Waals surface area contributed by atoms with E-state index in [0.717, 1.165) is 31.4 Å². The molecule has 0 aliphatic carbocycles. The Bertz CT molecular complexity index is 411. The zero-order valence-corrected chi connectivity index (χ0v) is 14.2. The van der Waals surface area contributed by atoms with Gasteiger partial charge in [-0.15, -0.1) is 0 Å². The summed E-state index contributed by atoms with van der Waals surface area (Å²) >= 11 is 0. The molecule has 1 fully saturated rings. The number of nitrogens with zero attached hydrogens (tertiary/aromatic N) is 2. The van der Waals surface area contributed by atoms with Gasteiger partial charge in [-0.3, -0.25) is 0 Å². The Morgan fingerprint density at radius 2 is 1.95 bits per heavy atom. The minimum absolute atomic E-state index is 0.184.